The van der Waals surface area contributed by atoms with Gasteiger partial charge in [0.1, 0.15) is 0 Å². The van der Waals surface area contributed by atoms with Crippen LogP contribution in [-0.2, 0) is 9.53 Å². The largest absolute Gasteiger partial charge is 0.466 e. The molecule has 0 N–H and O–H groups in total. The average Bonchev–Trinajstić information content (AvgIpc) is 2.63. The van der Waals surface area contributed by atoms with Gasteiger partial charge in [0.25, 0.3) is 0 Å². The van der Waals surface area contributed by atoms with Crippen molar-refractivity contribution in [3.8, 4) is 0 Å². The number of rotatable bonds is 6. The lowest BCUT2D eigenvalue weighted by atomic mass is 10.0. The third-order valence-corrected chi connectivity index (χ3v) is 3.41. The average molecular weight is 257 g/mol. The molecule has 1 aromatic rings. The molecule has 0 aliphatic rings. The Morgan fingerprint density at radius 3 is 2.76 bits per heavy atom. The number of thiophene rings is 1. The van der Waals surface area contributed by atoms with Gasteiger partial charge in [-0.05, 0) is 26.0 Å². The molecule has 0 radical (unpaired) electrons. The Morgan fingerprint density at radius 2 is 2.29 bits per heavy atom. The van der Waals surface area contributed by atoms with Gasteiger partial charge in [-0.1, -0.05) is 0 Å². The molecule has 0 saturated carbocycles. The molecule has 0 amide bonds. The van der Waals surface area contributed by atoms with Crippen molar-refractivity contribution >= 4 is 17.3 Å². The van der Waals surface area contributed by atoms with Gasteiger partial charge in [0, 0.05) is 14.7 Å². The number of hydrogen-bond donors (Lipinski definition) is 0. The van der Waals surface area contributed by atoms with Crippen LogP contribution in [0, 0.1) is 17.0 Å². The van der Waals surface area contributed by atoms with Crippen LogP contribution < -0.4 is 0 Å². The van der Waals surface area contributed by atoms with E-state index < -0.39 is 0 Å². The second-order valence-electron chi connectivity index (χ2n) is 3.67. The van der Waals surface area contributed by atoms with Crippen molar-refractivity contribution in [3.63, 3.8) is 0 Å². The van der Waals surface area contributed by atoms with Crippen LogP contribution in [0.4, 0.5) is 0 Å². The zero-order valence-corrected chi connectivity index (χ0v) is 10.7. The molecular formula is C11H15NO4S. The zero-order chi connectivity index (χ0) is 12.8. The van der Waals surface area contributed by atoms with Crippen LogP contribution in [0.15, 0.2) is 12.1 Å². The van der Waals surface area contributed by atoms with Gasteiger partial charge in [-0.2, -0.15) is 0 Å². The maximum absolute atomic E-state index is 11.4. The fraction of sp³-hybridized carbons (Fsp3) is 0.545. The summed E-state index contributed by atoms with van der Waals surface area (Å²) in [5.74, 6) is -0.770. The number of aryl methyl sites for hydroxylation is 1. The maximum atomic E-state index is 11.4. The van der Waals surface area contributed by atoms with E-state index in [0.717, 1.165) is 9.75 Å². The first-order chi connectivity index (χ1) is 8.02. The number of nitro groups is 1. The fourth-order valence-corrected chi connectivity index (χ4v) is 2.50. The summed E-state index contributed by atoms with van der Waals surface area (Å²) < 4.78 is 4.83. The molecule has 1 atom stereocenters. The molecule has 0 spiro atoms. The third kappa shape index (κ3) is 4.52. The van der Waals surface area contributed by atoms with Crippen LogP contribution in [0.1, 0.15) is 29.0 Å². The number of esters is 1. The molecule has 1 heterocycles. The Morgan fingerprint density at radius 1 is 1.59 bits per heavy atom. The summed E-state index contributed by atoms with van der Waals surface area (Å²) in [5, 5.41) is 10.6. The zero-order valence-electron chi connectivity index (χ0n) is 9.84. The number of carbonyl (C=O) groups excluding carboxylic acids is 1. The summed E-state index contributed by atoms with van der Waals surface area (Å²) >= 11 is 1.49. The number of hydrogen-bond acceptors (Lipinski definition) is 5. The van der Waals surface area contributed by atoms with E-state index in [1.807, 2.05) is 19.1 Å². The molecule has 0 aromatic carbocycles. The van der Waals surface area contributed by atoms with Crippen LogP contribution in [0.2, 0.25) is 0 Å². The van der Waals surface area contributed by atoms with Crippen LogP contribution in [-0.4, -0.2) is 24.0 Å². The molecule has 1 unspecified atom stereocenters. The minimum absolute atomic E-state index is 0.0643. The number of carbonyl (C=O) groups is 1. The summed E-state index contributed by atoms with van der Waals surface area (Å²) in [6, 6.07) is 3.74. The first-order valence-corrected chi connectivity index (χ1v) is 6.18. The van der Waals surface area contributed by atoms with Crippen LogP contribution in [0.5, 0.6) is 0 Å². The monoisotopic (exact) mass is 257 g/mol. The molecule has 17 heavy (non-hydrogen) atoms. The Labute approximate surface area is 104 Å². The molecule has 0 aliphatic heterocycles. The predicted octanol–water partition coefficient (Wildman–Crippen LogP) is 2.37. The van der Waals surface area contributed by atoms with Gasteiger partial charge in [-0.15, -0.1) is 11.3 Å². The van der Waals surface area contributed by atoms with Gasteiger partial charge < -0.3 is 4.74 Å². The highest BCUT2D eigenvalue weighted by Gasteiger charge is 2.23. The number of ether oxygens (including phenoxy) is 1. The van der Waals surface area contributed by atoms with E-state index >= 15 is 0 Å². The van der Waals surface area contributed by atoms with Crippen molar-refractivity contribution in [3.05, 3.63) is 32.0 Å². The molecule has 6 heteroatoms. The second kappa shape index (κ2) is 6.34. The molecular weight excluding hydrogens is 242 g/mol. The summed E-state index contributed by atoms with van der Waals surface area (Å²) in [6.45, 7) is 3.71. The lowest BCUT2D eigenvalue weighted by Gasteiger charge is -2.09. The van der Waals surface area contributed by atoms with Crippen LogP contribution in [0.3, 0.4) is 0 Å². The molecule has 0 aliphatic carbocycles. The van der Waals surface area contributed by atoms with E-state index in [-0.39, 0.29) is 29.8 Å². The highest BCUT2D eigenvalue weighted by Crippen LogP contribution is 2.27. The summed E-state index contributed by atoms with van der Waals surface area (Å²) in [7, 11) is 0. The number of nitrogens with zero attached hydrogens (tertiary/aromatic N) is 1. The standard InChI is InChI=1S/C11H15NO4S/c1-3-16-11(13)6-9(7-12(14)15)10-5-4-8(2)17-10/h4-5,9H,3,6-7H2,1-2H3. The Kier molecular flexibility index (Phi) is 5.09. The van der Waals surface area contributed by atoms with Crippen LogP contribution >= 0.6 is 11.3 Å². The van der Waals surface area contributed by atoms with Gasteiger partial charge in [0.15, 0.2) is 0 Å². The third-order valence-electron chi connectivity index (χ3n) is 2.25. The summed E-state index contributed by atoms with van der Waals surface area (Å²) in [6.07, 6.45) is 0.0643. The lowest BCUT2D eigenvalue weighted by Crippen LogP contribution is -2.17. The summed E-state index contributed by atoms with van der Waals surface area (Å²) in [4.78, 5) is 23.5. The minimum Gasteiger partial charge on any atom is -0.466 e. The van der Waals surface area contributed by atoms with E-state index in [2.05, 4.69) is 0 Å². The highest BCUT2D eigenvalue weighted by atomic mass is 32.1. The Hall–Kier alpha value is -1.43. The van der Waals surface area contributed by atoms with E-state index in [1.165, 1.54) is 11.3 Å². The summed E-state index contributed by atoms with van der Waals surface area (Å²) in [5.41, 5.74) is 0. The fourth-order valence-electron chi connectivity index (χ4n) is 1.53. The quantitative estimate of drug-likeness (QED) is 0.445. The van der Waals surface area contributed by atoms with Crippen molar-refractivity contribution in [2.24, 2.45) is 0 Å². The second-order valence-corrected chi connectivity index (χ2v) is 4.99. The van der Waals surface area contributed by atoms with Gasteiger partial charge in [-0.3, -0.25) is 14.9 Å². The first kappa shape index (κ1) is 13.6. The van der Waals surface area contributed by atoms with Crippen molar-refractivity contribution in [1.29, 1.82) is 0 Å². The minimum atomic E-state index is -0.390. The van der Waals surface area contributed by atoms with Crippen LogP contribution in [0.25, 0.3) is 0 Å². The van der Waals surface area contributed by atoms with E-state index in [4.69, 9.17) is 4.74 Å². The molecule has 1 aromatic heterocycles. The predicted molar refractivity (Wildman–Crippen MR) is 64.9 cm³/mol. The Balaban J connectivity index is 2.73. The van der Waals surface area contributed by atoms with Gasteiger partial charge in [-0.25, -0.2) is 0 Å². The van der Waals surface area contributed by atoms with Crippen molar-refractivity contribution in [2.45, 2.75) is 26.2 Å². The molecule has 0 bridgehead atoms. The topological polar surface area (TPSA) is 69.4 Å². The van der Waals surface area contributed by atoms with Gasteiger partial charge >= 0.3 is 5.97 Å². The smallest absolute Gasteiger partial charge is 0.306 e. The highest BCUT2D eigenvalue weighted by molar-refractivity contribution is 7.12. The maximum Gasteiger partial charge on any atom is 0.306 e. The van der Waals surface area contributed by atoms with E-state index in [0.29, 0.717) is 6.61 Å². The van der Waals surface area contributed by atoms with E-state index in [9.17, 15) is 14.9 Å². The van der Waals surface area contributed by atoms with Crippen molar-refractivity contribution in [2.75, 3.05) is 13.2 Å². The van der Waals surface area contributed by atoms with Gasteiger partial charge in [0.2, 0.25) is 6.54 Å². The van der Waals surface area contributed by atoms with Crippen molar-refractivity contribution < 1.29 is 14.5 Å². The first-order valence-electron chi connectivity index (χ1n) is 5.36. The van der Waals surface area contributed by atoms with E-state index in [1.54, 1.807) is 6.92 Å². The lowest BCUT2D eigenvalue weighted by molar-refractivity contribution is -0.483. The normalized spacial score (nSPS) is 12.1. The van der Waals surface area contributed by atoms with Gasteiger partial charge in [0.05, 0.1) is 18.9 Å². The van der Waals surface area contributed by atoms with Crippen molar-refractivity contribution in [1.82, 2.24) is 0 Å². The SMILES string of the molecule is CCOC(=O)CC(C[N+](=O)[O-])c1ccc(C)s1. The molecule has 0 saturated heterocycles. The molecule has 0 fully saturated rings. The molecule has 94 valence electrons. The molecule has 5 nitrogen and oxygen atoms in total. The Bertz CT molecular complexity index is 402. The molecule has 1 rings (SSSR count).